The third-order valence-corrected chi connectivity index (χ3v) is 3.16. The summed E-state index contributed by atoms with van der Waals surface area (Å²) in [6, 6.07) is 8.67. The molecule has 0 aliphatic heterocycles. The van der Waals surface area contributed by atoms with Gasteiger partial charge in [0.2, 0.25) is 0 Å². The van der Waals surface area contributed by atoms with E-state index >= 15 is 0 Å². The van der Waals surface area contributed by atoms with Crippen molar-refractivity contribution >= 4 is 15.9 Å². The molecule has 70 valence electrons. The Morgan fingerprint density at radius 3 is 3.08 bits per heavy atom. The SMILES string of the molecule is CNC[C@H]1C[C@@H]1c1cccc(Br)c1. The Kier molecular flexibility index (Phi) is 2.70. The van der Waals surface area contributed by atoms with Crippen molar-refractivity contribution in [1.82, 2.24) is 5.32 Å². The maximum absolute atomic E-state index is 3.50. The normalized spacial score (nSPS) is 26.0. The van der Waals surface area contributed by atoms with Gasteiger partial charge in [0.1, 0.15) is 0 Å². The van der Waals surface area contributed by atoms with Crippen LogP contribution in [0.2, 0.25) is 0 Å². The summed E-state index contributed by atoms with van der Waals surface area (Å²) < 4.78 is 1.19. The summed E-state index contributed by atoms with van der Waals surface area (Å²) in [5.74, 6) is 1.66. The second-order valence-corrected chi connectivity index (χ2v) is 4.63. The first-order valence-electron chi connectivity index (χ1n) is 4.71. The molecule has 0 amide bonds. The number of rotatable bonds is 3. The summed E-state index contributed by atoms with van der Waals surface area (Å²) in [6.07, 6.45) is 1.34. The van der Waals surface area contributed by atoms with Crippen molar-refractivity contribution in [2.45, 2.75) is 12.3 Å². The van der Waals surface area contributed by atoms with Crippen molar-refractivity contribution in [3.8, 4) is 0 Å². The molecule has 0 aromatic heterocycles. The molecule has 2 atom stereocenters. The lowest BCUT2D eigenvalue weighted by molar-refractivity contribution is 0.698. The number of benzene rings is 1. The zero-order valence-corrected chi connectivity index (χ0v) is 9.34. The highest BCUT2D eigenvalue weighted by molar-refractivity contribution is 9.10. The van der Waals surface area contributed by atoms with E-state index in [9.17, 15) is 0 Å². The second-order valence-electron chi connectivity index (χ2n) is 3.71. The summed E-state index contributed by atoms with van der Waals surface area (Å²) in [6.45, 7) is 1.15. The number of hydrogen-bond acceptors (Lipinski definition) is 1. The van der Waals surface area contributed by atoms with Gasteiger partial charge in [-0.1, -0.05) is 28.1 Å². The lowest BCUT2D eigenvalue weighted by atomic mass is 10.1. The lowest BCUT2D eigenvalue weighted by Crippen LogP contribution is -2.10. The van der Waals surface area contributed by atoms with E-state index in [4.69, 9.17) is 0 Å². The number of halogens is 1. The van der Waals surface area contributed by atoms with E-state index in [1.54, 1.807) is 0 Å². The standard InChI is InChI=1S/C11H14BrN/c1-13-7-9-6-11(9)8-3-2-4-10(12)5-8/h2-5,9,11,13H,6-7H2,1H3/t9-,11-/m1/s1. The van der Waals surface area contributed by atoms with Crippen LogP contribution >= 0.6 is 15.9 Å². The molecule has 1 saturated carbocycles. The first kappa shape index (κ1) is 9.22. The van der Waals surface area contributed by atoms with Gasteiger partial charge in [-0.2, -0.15) is 0 Å². The molecule has 0 bridgehead atoms. The van der Waals surface area contributed by atoms with E-state index < -0.39 is 0 Å². The van der Waals surface area contributed by atoms with Crippen molar-refractivity contribution < 1.29 is 0 Å². The summed E-state index contributed by atoms with van der Waals surface area (Å²) in [7, 11) is 2.02. The van der Waals surface area contributed by atoms with Crippen molar-refractivity contribution in [3.05, 3.63) is 34.3 Å². The third-order valence-electron chi connectivity index (χ3n) is 2.67. The Hall–Kier alpha value is -0.340. The van der Waals surface area contributed by atoms with Crippen LogP contribution in [0.15, 0.2) is 28.7 Å². The van der Waals surface area contributed by atoms with Crippen molar-refractivity contribution in [3.63, 3.8) is 0 Å². The lowest BCUT2D eigenvalue weighted by Gasteiger charge is -2.00. The molecule has 1 aliphatic carbocycles. The highest BCUT2D eigenvalue weighted by Crippen LogP contribution is 2.47. The van der Waals surface area contributed by atoms with Crippen LogP contribution in [0.1, 0.15) is 17.9 Å². The molecular weight excluding hydrogens is 226 g/mol. The summed E-state index contributed by atoms with van der Waals surface area (Å²) in [5, 5.41) is 3.23. The average Bonchev–Trinajstić information content (AvgIpc) is 2.85. The first-order valence-corrected chi connectivity index (χ1v) is 5.50. The van der Waals surface area contributed by atoms with Gasteiger partial charge in [0.25, 0.3) is 0 Å². The molecular formula is C11H14BrN. The van der Waals surface area contributed by atoms with Crippen LogP contribution in [0.25, 0.3) is 0 Å². The van der Waals surface area contributed by atoms with Gasteiger partial charge in [-0.15, -0.1) is 0 Å². The van der Waals surface area contributed by atoms with Crippen molar-refractivity contribution in [2.75, 3.05) is 13.6 Å². The molecule has 1 N–H and O–H groups in total. The Bertz CT molecular complexity index is 298. The molecule has 2 rings (SSSR count). The van der Waals surface area contributed by atoms with Crippen LogP contribution in [-0.4, -0.2) is 13.6 Å². The zero-order valence-electron chi connectivity index (χ0n) is 7.76. The van der Waals surface area contributed by atoms with Crippen LogP contribution in [-0.2, 0) is 0 Å². The Balaban J connectivity index is 2.03. The van der Waals surface area contributed by atoms with E-state index in [1.165, 1.54) is 16.5 Å². The average molecular weight is 240 g/mol. The Morgan fingerprint density at radius 2 is 2.38 bits per heavy atom. The highest BCUT2D eigenvalue weighted by atomic mass is 79.9. The van der Waals surface area contributed by atoms with E-state index in [0.29, 0.717) is 0 Å². The quantitative estimate of drug-likeness (QED) is 0.856. The summed E-state index contributed by atoms with van der Waals surface area (Å²) >= 11 is 3.50. The third kappa shape index (κ3) is 2.12. The summed E-state index contributed by atoms with van der Waals surface area (Å²) in [5.41, 5.74) is 1.48. The predicted octanol–water partition coefficient (Wildman–Crippen LogP) is 2.77. The van der Waals surface area contributed by atoms with Gasteiger partial charge in [0, 0.05) is 4.47 Å². The molecule has 0 radical (unpaired) electrons. The fraction of sp³-hybridized carbons (Fsp3) is 0.455. The fourth-order valence-corrected chi connectivity index (χ4v) is 2.30. The van der Waals surface area contributed by atoms with Gasteiger partial charge in [0.05, 0.1) is 0 Å². The Morgan fingerprint density at radius 1 is 1.54 bits per heavy atom. The van der Waals surface area contributed by atoms with Gasteiger partial charge in [-0.25, -0.2) is 0 Å². The van der Waals surface area contributed by atoms with Crippen LogP contribution in [0.4, 0.5) is 0 Å². The largest absolute Gasteiger partial charge is 0.319 e. The maximum Gasteiger partial charge on any atom is 0.0178 e. The molecule has 1 nitrogen and oxygen atoms in total. The zero-order chi connectivity index (χ0) is 9.26. The minimum Gasteiger partial charge on any atom is -0.319 e. The van der Waals surface area contributed by atoms with Crippen molar-refractivity contribution in [2.24, 2.45) is 5.92 Å². The van der Waals surface area contributed by atoms with Crippen LogP contribution in [0.5, 0.6) is 0 Å². The topological polar surface area (TPSA) is 12.0 Å². The molecule has 0 heterocycles. The van der Waals surface area contributed by atoms with Gasteiger partial charge in [-0.05, 0) is 49.5 Å². The number of hydrogen-bond donors (Lipinski definition) is 1. The summed E-state index contributed by atoms with van der Waals surface area (Å²) in [4.78, 5) is 0. The van der Waals surface area contributed by atoms with Gasteiger partial charge in [-0.3, -0.25) is 0 Å². The molecule has 1 aliphatic rings. The monoisotopic (exact) mass is 239 g/mol. The molecule has 1 aromatic rings. The van der Waals surface area contributed by atoms with E-state index in [-0.39, 0.29) is 0 Å². The minimum absolute atomic E-state index is 0.796. The van der Waals surface area contributed by atoms with Gasteiger partial charge < -0.3 is 5.32 Å². The van der Waals surface area contributed by atoms with Crippen molar-refractivity contribution in [1.29, 1.82) is 0 Å². The van der Waals surface area contributed by atoms with Gasteiger partial charge in [0.15, 0.2) is 0 Å². The Labute approximate surface area is 87.7 Å². The molecule has 0 spiro atoms. The van der Waals surface area contributed by atoms with E-state index in [0.717, 1.165) is 18.4 Å². The van der Waals surface area contributed by atoms with Crippen LogP contribution < -0.4 is 5.32 Å². The first-order chi connectivity index (χ1) is 6.31. The molecule has 0 saturated heterocycles. The predicted molar refractivity (Wildman–Crippen MR) is 58.9 cm³/mol. The number of nitrogens with one attached hydrogen (secondary N) is 1. The van der Waals surface area contributed by atoms with Crippen LogP contribution in [0, 0.1) is 5.92 Å². The van der Waals surface area contributed by atoms with E-state index in [2.05, 4.69) is 45.5 Å². The van der Waals surface area contributed by atoms with Crippen LogP contribution in [0.3, 0.4) is 0 Å². The molecule has 13 heavy (non-hydrogen) atoms. The highest BCUT2D eigenvalue weighted by Gasteiger charge is 2.37. The molecule has 0 unspecified atom stereocenters. The fourth-order valence-electron chi connectivity index (χ4n) is 1.88. The molecule has 2 heteroatoms. The van der Waals surface area contributed by atoms with Gasteiger partial charge >= 0.3 is 0 Å². The maximum atomic E-state index is 3.50. The van der Waals surface area contributed by atoms with E-state index in [1.807, 2.05) is 7.05 Å². The smallest absolute Gasteiger partial charge is 0.0178 e. The molecule has 1 aromatic carbocycles. The molecule has 1 fully saturated rings. The second kappa shape index (κ2) is 3.81. The minimum atomic E-state index is 0.796.